The van der Waals surface area contributed by atoms with Crippen LogP contribution in [0.4, 0.5) is 0 Å². The number of benzene rings is 1. The lowest BCUT2D eigenvalue weighted by Gasteiger charge is -2.26. The monoisotopic (exact) mass is 336 g/mol. The van der Waals surface area contributed by atoms with E-state index in [1.165, 1.54) is 6.92 Å². The molecule has 3 nitrogen and oxygen atoms in total. The molecule has 23 heavy (non-hydrogen) atoms. The molecule has 0 aliphatic heterocycles. The molecule has 0 heterocycles. The van der Waals surface area contributed by atoms with Gasteiger partial charge in [0.05, 0.1) is 12.7 Å². The molecule has 0 aliphatic rings. The number of carbonyl (C=O) groups excluding carboxylic acids is 1. The van der Waals surface area contributed by atoms with Crippen LogP contribution in [0.5, 0.6) is 0 Å². The lowest BCUT2D eigenvalue weighted by molar-refractivity contribution is -0.138. The molecule has 0 unspecified atom stereocenters. The van der Waals surface area contributed by atoms with E-state index in [2.05, 4.69) is 6.58 Å². The minimum absolute atomic E-state index is 0.0763. The molecule has 0 amide bonds. The number of allylic oxidation sites excluding steroid dienone is 1. The maximum Gasteiger partial charge on any atom is 0.307 e. The van der Waals surface area contributed by atoms with Gasteiger partial charge in [-0.2, -0.15) is 0 Å². The standard InChI is InChI=1S/C19H25ClO3/c1-5-18(23-16(4)21)15(3)19(11-14(2)12-20)22-13-17-9-7-6-8-10-17/h5-10,15,19H,2,11-13H2,1,3-4H3/b18-5-/t15-,19+/m1/s1. The maximum atomic E-state index is 11.3. The van der Waals surface area contributed by atoms with Gasteiger partial charge in [0.2, 0.25) is 0 Å². The Morgan fingerprint density at radius 3 is 2.52 bits per heavy atom. The lowest BCUT2D eigenvalue weighted by Crippen LogP contribution is -2.26. The zero-order chi connectivity index (χ0) is 17.2. The zero-order valence-electron chi connectivity index (χ0n) is 14.0. The molecular formula is C19H25ClO3. The smallest absolute Gasteiger partial charge is 0.307 e. The fourth-order valence-electron chi connectivity index (χ4n) is 2.26. The summed E-state index contributed by atoms with van der Waals surface area (Å²) in [6.45, 7) is 9.67. The predicted octanol–water partition coefficient (Wildman–Crippen LogP) is 4.86. The van der Waals surface area contributed by atoms with Crippen molar-refractivity contribution in [1.82, 2.24) is 0 Å². The summed E-state index contributed by atoms with van der Waals surface area (Å²) >= 11 is 5.86. The molecule has 0 N–H and O–H groups in total. The number of halogens is 1. The topological polar surface area (TPSA) is 35.5 Å². The first kappa shape index (κ1) is 19.5. The Labute approximate surface area is 143 Å². The van der Waals surface area contributed by atoms with Crippen molar-refractivity contribution in [3.63, 3.8) is 0 Å². The number of hydrogen-bond donors (Lipinski definition) is 0. The van der Waals surface area contributed by atoms with Crippen LogP contribution in [-0.4, -0.2) is 18.0 Å². The van der Waals surface area contributed by atoms with Gasteiger partial charge in [-0.15, -0.1) is 11.6 Å². The number of ether oxygens (including phenoxy) is 2. The van der Waals surface area contributed by atoms with Gasteiger partial charge >= 0.3 is 5.97 Å². The third-order valence-corrected chi connectivity index (χ3v) is 3.92. The number of alkyl halides is 1. The first-order valence-corrected chi connectivity index (χ1v) is 8.24. The van der Waals surface area contributed by atoms with Crippen molar-refractivity contribution in [2.24, 2.45) is 5.92 Å². The molecule has 0 spiro atoms. The molecule has 1 aromatic carbocycles. The van der Waals surface area contributed by atoms with Crippen molar-refractivity contribution in [1.29, 1.82) is 0 Å². The largest absolute Gasteiger partial charge is 0.431 e. The molecule has 0 saturated heterocycles. The van der Waals surface area contributed by atoms with E-state index in [4.69, 9.17) is 21.1 Å². The van der Waals surface area contributed by atoms with Crippen LogP contribution in [0.25, 0.3) is 0 Å². The van der Waals surface area contributed by atoms with Gasteiger partial charge in [-0.25, -0.2) is 0 Å². The summed E-state index contributed by atoms with van der Waals surface area (Å²) in [5.41, 5.74) is 1.99. The molecule has 0 aromatic heterocycles. The van der Waals surface area contributed by atoms with Crippen LogP contribution >= 0.6 is 11.6 Å². The summed E-state index contributed by atoms with van der Waals surface area (Å²) in [6.07, 6.45) is 2.26. The van der Waals surface area contributed by atoms with Crippen molar-refractivity contribution in [3.8, 4) is 0 Å². The summed E-state index contributed by atoms with van der Waals surface area (Å²) in [5, 5.41) is 0. The van der Waals surface area contributed by atoms with Gasteiger partial charge < -0.3 is 9.47 Å². The molecule has 4 heteroatoms. The van der Waals surface area contributed by atoms with Crippen LogP contribution in [0.2, 0.25) is 0 Å². The SMILES string of the molecule is C=C(CCl)C[C@H](OCc1ccccc1)[C@H](C)/C(=C/C)OC(C)=O. The highest BCUT2D eigenvalue weighted by atomic mass is 35.5. The van der Waals surface area contributed by atoms with E-state index >= 15 is 0 Å². The molecule has 126 valence electrons. The Morgan fingerprint density at radius 1 is 1.35 bits per heavy atom. The number of esters is 1. The zero-order valence-corrected chi connectivity index (χ0v) is 14.8. The van der Waals surface area contributed by atoms with E-state index in [-0.39, 0.29) is 18.0 Å². The average Bonchev–Trinajstić information content (AvgIpc) is 2.56. The van der Waals surface area contributed by atoms with Crippen molar-refractivity contribution in [2.75, 3.05) is 5.88 Å². The number of rotatable bonds is 9. The minimum atomic E-state index is -0.331. The Bertz CT molecular complexity index is 537. The molecule has 0 aliphatic carbocycles. The summed E-state index contributed by atoms with van der Waals surface area (Å²) in [4.78, 5) is 11.3. The molecule has 2 atom stereocenters. The Hall–Kier alpha value is -1.58. The molecule has 1 aromatic rings. The van der Waals surface area contributed by atoms with Crippen molar-refractivity contribution in [2.45, 2.75) is 39.9 Å². The van der Waals surface area contributed by atoms with Gasteiger partial charge in [0.15, 0.2) is 0 Å². The van der Waals surface area contributed by atoms with E-state index in [0.29, 0.717) is 24.7 Å². The molecule has 0 fully saturated rings. The average molecular weight is 337 g/mol. The highest BCUT2D eigenvalue weighted by Gasteiger charge is 2.24. The summed E-state index contributed by atoms with van der Waals surface area (Å²) in [7, 11) is 0. The normalized spacial score (nSPS) is 14.2. The van der Waals surface area contributed by atoms with Crippen LogP contribution in [0.1, 0.15) is 32.8 Å². The Balaban J connectivity index is 2.81. The van der Waals surface area contributed by atoms with Crippen LogP contribution < -0.4 is 0 Å². The predicted molar refractivity (Wildman–Crippen MR) is 94.2 cm³/mol. The van der Waals surface area contributed by atoms with Crippen molar-refractivity contribution in [3.05, 3.63) is 59.9 Å². The van der Waals surface area contributed by atoms with Gasteiger partial charge in [0, 0.05) is 18.7 Å². The van der Waals surface area contributed by atoms with Crippen LogP contribution in [0, 0.1) is 5.92 Å². The first-order valence-electron chi connectivity index (χ1n) is 7.70. The van der Waals surface area contributed by atoms with Crippen LogP contribution in [0.15, 0.2) is 54.3 Å². The lowest BCUT2D eigenvalue weighted by atomic mass is 9.96. The van der Waals surface area contributed by atoms with E-state index < -0.39 is 0 Å². The summed E-state index contributed by atoms with van der Waals surface area (Å²) in [6, 6.07) is 9.95. The van der Waals surface area contributed by atoms with Gasteiger partial charge in [-0.1, -0.05) is 49.4 Å². The van der Waals surface area contributed by atoms with E-state index in [1.807, 2.05) is 44.2 Å². The molecule has 0 radical (unpaired) electrons. The van der Waals surface area contributed by atoms with Crippen molar-refractivity contribution >= 4 is 17.6 Å². The third-order valence-electron chi connectivity index (χ3n) is 3.54. The second-order valence-corrected chi connectivity index (χ2v) is 5.76. The van der Waals surface area contributed by atoms with E-state index in [0.717, 1.165) is 11.1 Å². The Morgan fingerprint density at radius 2 is 2.00 bits per heavy atom. The van der Waals surface area contributed by atoms with E-state index in [1.54, 1.807) is 6.08 Å². The van der Waals surface area contributed by atoms with Crippen LogP contribution in [-0.2, 0) is 20.9 Å². The number of hydrogen-bond acceptors (Lipinski definition) is 3. The number of carbonyl (C=O) groups is 1. The van der Waals surface area contributed by atoms with Crippen LogP contribution in [0.3, 0.4) is 0 Å². The highest BCUT2D eigenvalue weighted by Crippen LogP contribution is 2.25. The quantitative estimate of drug-likeness (QED) is 0.279. The highest BCUT2D eigenvalue weighted by molar-refractivity contribution is 6.19. The van der Waals surface area contributed by atoms with E-state index in [9.17, 15) is 4.79 Å². The minimum Gasteiger partial charge on any atom is -0.431 e. The fraction of sp³-hybridized carbons (Fsp3) is 0.421. The van der Waals surface area contributed by atoms with Gasteiger partial charge in [-0.3, -0.25) is 4.79 Å². The van der Waals surface area contributed by atoms with Gasteiger partial charge in [0.1, 0.15) is 5.76 Å². The molecule has 1 rings (SSSR count). The fourth-order valence-corrected chi connectivity index (χ4v) is 2.37. The second kappa shape index (κ2) is 10.2. The van der Waals surface area contributed by atoms with Crippen molar-refractivity contribution < 1.29 is 14.3 Å². The maximum absolute atomic E-state index is 11.3. The molecule has 0 saturated carbocycles. The Kier molecular flexibility index (Phi) is 8.67. The second-order valence-electron chi connectivity index (χ2n) is 5.50. The summed E-state index contributed by atoms with van der Waals surface area (Å²) < 4.78 is 11.4. The molecule has 0 bridgehead atoms. The van der Waals surface area contributed by atoms with Gasteiger partial charge in [0.25, 0.3) is 0 Å². The van der Waals surface area contributed by atoms with Gasteiger partial charge in [-0.05, 0) is 25.0 Å². The first-order chi connectivity index (χ1) is 11.0. The summed E-state index contributed by atoms with van der Waals surface area (Å²) in [5.74, 6) is 0.588. The third kappa shape index (κ3) is 7.02. The molecular weight excluding hydrogens is 312 g/mol.